The number of ether oxygens (including phenoxy) is 2. The summed E-state index contributed by atoms with van der Waals surface area (Å²) in [6, 6.07) is 4.71. The lowest BCUT2D eigenvalue weighted by molar-refractivity contribution is -0.130. The summed E-state index contributed by atoms with van der Waals surface area (Å²) in [6.07, 6.45) is 0. The number of imide groups is 1. The van der Waals surface area contributed by atoms with Crippen molar-refractivity contribution in [2.24, 2.45) is 0 Å². The van der Waals surface area contributed by atoms with E-state index in [1.54, 1.807) is 18.2 Å². The second-order valence-corrected chi connectivity index (χ2v) is 4.60. The van der Waals surface area contributed by atoms with Gasteiger partial charge in [0.25, 0.3) is 5.91 Å². The molecule has 1 aromatic rings. The molecule has 1 saturated heterocycles. The Bertz CT molecular complexity index is 586. The van der Waals surface area contributed by atoms with Gasteiger partial charge in [-0.15, -0.1) is 0 Å². The van der Waals surface area contributed by atoms with E-state index in [4.69, 9.17) is 9.47 Å². The fourth-order valence-corrected chi connectivity index (χ4v) is 2.01. The van der Waals surface area contributed by atoms with Gasteiger partial charge in [0.1, 0.15) is 6.54 Å². The summed E-state index contributed by atoms with van der Waals surface area (Å²) in [7, 11) is 3.06. The second-order valence-electron chi connectivity index (χ2n) is 4.60. The number of amides is 4. The molecule has 1 aliphatic rings. The summed E-state index contributed by atoms with van der Waals surface area (Å²) >= 11 is 0. The molecule has 0 aromatic heterocycles. The van der Waals surface area contributed by atoms with Crippen molar-refractivity contribution in [3.8, 4) is 11.5 Å². The van der Waals surface area contributed by atoms with Crippen molar-refractivity contribution in [3.05, 3.63) is 23.8 Å². The van der Waals surface area contributed by atoms with Crippen LogP contribution in [0.4, 0.5) is 4.79 Å². The van der Waals surface area contributed by atoms with E-state index in [0.29, 0.717) is 11.5 Å². The minimum Gasteiger partial charge on any atom is -0.493 e. The third kappa shape index (κ3) is 3.46. The topological polar surface area (TPSA) is 97.0 Å². The van der Waals surface area contributed by atoms with Gasteiger partial charge in [-0.3, -0.25) is 14.5 Å². The Labute approximate surface area is 127 Å². The van der Waals surface area contributed by atoms with Crippen LogP contribution in [0.5, 0.6) is 11.5 Å². The number of nitrogens with one attached hydrogen (secondary N) is 2. The Morgan fingerprint density at radius 3 is 2.59 bits per heavy atom. The SMILES string of the molecule is COc1ccc(CNC(=O)CN2C(=O)CNC2=O)cc1OC. The first kappa shape index (κ1) is 15.6. The molecule has 2 rings (SSSR count). The highest BCUT2D eigenvalue weighted by Gasteiger charge is 2.29. The van der Waals surface area contributed by atoms with E-state index in [9.17, 15) is 14.4 Å². The molecule has 8 heteroatoms. The van der Waals surface area contributed by atoms with Gasteiger partial charge in [0, 0.05) is 6.54 Å². The Kier molecular flexibility index (Phi) is 4.82. The number of hydrogen-bond donors (Lipinski definition) is 2. The van der Waals surface area contributed by atoms with Gasteiger partial charge in [0.15, 0.2) is 11.5 Å². The van der Waals surface area contributed by atoms with Crippen LogP contribution in [0.2, 0.25) is 0 Å². The third-order valence-corrected chi connectivity index (χ3v) is 3.18. The first-order chi connectivity index (χ1) is 10.5. The molecule has 1 aromatic carbocycles. The Balaban J connectivity index is 1.91. The van der Waals surface area contributed by atoms with Gasteiger partial charge in [0.05, 0.1) is 20.8 Å². The Hall–Kier alpha value is -2.77. The van der Waals surface area contributed by atoms with E-state index in [0.717, 1.165) is 10.5 Å². The van der Waals surface area contributed by atoms with Gasteiger partial charge in [-0.25, -0.2) is 4.79 Å². The number of nitrogens with zero attached hydrogens (tertiary/aromatic N) is 1. The molecule has 0 spiro atoms. The number of urea groups is 1. The molecular formula is C14H17N3O5. The summed E-state index contributed by atoms with van der Waals surface area (Å²) in [6.45, 7) is -0.109. The van der Waals surface area contributed by atoms with Crippen molar-refractivity contribution in [1.29, 1.82) is 0 Å². The zero-order valence-corrected chi connectivity index (χ0v) is 12.3. The molecule has 1 aliphatic heterocycles. The second kappa shape index (κ2) is 6.79. The van der Waals surface area contributed by atoms with Crippen LogP contribution >= 0.6 is 0 Å². The van der Waals surface area contributed by atoms with Gasteiger partial charge >= 0.3 is 6.03 Å². The van der Waals surface area contributed by atoms with Crippen molar-refractivity contribution in [1.82, 2.24) is 15.5 Å². The lowest BCUT2D eigenvalue weighted by Crippen LogP contribution is -2.40. The molecule has 118 valence electrons. The lowest BCUT2D eigenvalue weighted by Gasteiger charge is -2.13. The highest BCUT2D eigenvalue weighted by molar-refractivity contribution is 6.04. The number of rotatable bonds is 6. The average molecular weight is 307 g/mol. The van der Waals surface area contributed by atoms with Gasteiger partial charge in [-0.2, -0.15) is 0 Å². The minimum absolute atomic E-state index is 0.0677. The molecule has 4 amide bonds. The summed E-state index contributed by atoms with van der Waals surface area (Å²) in [5.41, 5.74) is 0.809. The van der Waals surface area contributed by atoms with Gasteiger partial charge in [-0.1, -0.05) is 6.07 Å². The monoisotopic (exact) mass is 307 g/mol. The van der Waals surface area contributed by atoms with E-state index in [2.05, 4.69) is 10.6 Å². The van der Waals surface area contributed by atoms with Crippen molar-refractivity contribution < 1.29 is 23.9 Å². The molecule has 0 unspecified atom stereocenters. The molecule has 0 radical (unpaired) electrons. The summed E-state index contributed by atoms with van der Waals surface area (Å²) < 4.78 is 10.3. The van der Waals surface area contributed by atoms with Crippen LogP contribution in [0.25, 0.3) is 0 Å². The molecule has 0 atom stereocenters. The fraction of sp³-hybridized carbons (Fsp3) is 0.357. The van der Waals surface area contributed by atoms with E-state index in [-0.39, 0.29) is 19.6 Å². The number of benzene rings is 1. The van der Waals surface area contributed by atoms with E-state index in [1.165, 1.54) is 14.2 Å². The highest BCUT2D eigenvalue weighted by Crippen LogP contribution is 2.27. The molecule has 2 N–H and O–H groups in total. The minimum atomic E-state index is -0.550. The zero-order valence-electron chi connectivity index (χ0n) is 12.3. The standard InChI is InChI=1S/C14H17N3O5/c1-21-10-4-3-9(5-11(10)22-2)6-15-12(18)8-17-13(19)7-16-14(17)20/h3-5H,6-8H2,1-2H3,(H,15,18)(H,16,20). The predicted molar refractivity (Wildman–Crippen MR) is 76.5 cm³/mol. The number of carbonyl (C=O) groups is 3. The lowest BCUT2D eigenvalue weighted by atomic mass is 10.2. The van der Waals surface area contributed by atoms with Crippen LogP contribution < -0.4 is 20.1 Å². The summed E-state index contributed by atoms with van der Waals surface area (Å²) in [4.78, 5) is 35.4. The first-order valence-corrected chi connectivity index (χ1v) is 6.61. The summed E-state index contributed by atoms with van der Waals surface area (Å²) in [5, 5.41) is 5.00. The first-order valence-electron chi connectivity index (χ1n) is 6.61. The number of hydrogen-bond acceptors (Lipinski definition) is 5. The highest BCUT2D eigenvalue weighted by atomic mass is 16.5. The molecule has 0 aliphatic carbocycles. The molecule has 1 fully saturated rings. The van der Waals surface area contributed by atoms with Crippen molar-refractivity contribution >= 4 is 17.8 Å². The summed E-state index contributed by atoms with van der Waals surface area (Å²) in [5.74, 6) is 0.326. The van der Waals surface area contributed by atoms with Crippen LogP contribution in [-0.4, -0.2) is 50.1 Å². The van der Waals surface area contributed by atoms with E-state index >= 15 is 0 Å². The average Bonchev–Trinajstić information content (AvgIpc) is 2.84. The molecule has 8 nitrogen and oxygen atoms in total. The molecular weight excluding hydrogens is 290 g/mol. The molecule has 22 heavy (non-hydrogen) atoms. The largest absolute Gasteiger partial charge is 0.493 e. The van der Waals surface area contributed by atoms with Gasteiger partial charge < -0.3 is 20.1 Å². The maximum atomic E-state index is 11.8. The molecule has 0 bridgehead atoms. The van der Waals surface area contributed by atoms with Gasteiger partial charge in [0.2, 0.25) is 5.91 Å². The predicted octanol–water partition coefficient (Wildman–Crippen LogP) is -0.128. The van der Waals surface area contributed by atoms with Crippen LogP contribution in [0, 0.1) is 0 Å². The normalized spacial score (nSPS) is 13.8. The van der Waals surface area contributed by atoms with Crippen LogP contribution in [0.3, 0.4) is 0 Å². The Morgan fingerprint density at radius 1 is 1.27 bits per heavy atom. The Morgan fingerprint density at radius 2 is 2.00 bits per heavy atom. The number of methoxy groups -OCH3 is 2. The molecule has 0 saturated carbocycles. The van der Waals surface area contributed by atoms with Crippen LogP contribution in [-0.2, 0) is 16.1 Å². The van der Waals surface area contributed by atoms with Gasteiger partial charge in [-0.05, 0) is 17.7 Å². The fourth-order valence-electron chi connectivity index (χ4n) is 2.01. The maximum Gasteiger partial charge on any atom is 0.325 e. The van der Waals surface area contributed by atoms with Crippen molar-refractivity contribution in [3.63, 3.8) is 0 Å². The smallest absolute Gasteiger partial charge is 0.325 e. The number of carbonyl (C=O) groups excluding carboxylic acids is 3. The third-order valence-electron chi connectivity index (χ3n) is 3.18. The van der Waals surface area contributed by atoms with Crippen molar-refractivity contribution in [2.45, 2.75) is 6.54 Å². The maximum absolute atomic E-state index is 11.8. The molecule has 1 heterocycles. The quantitative estimate of drug-likeness (QED) is 0.714. The zero-order chi connectivity index (χ0) is 16.1. The van der Waals surface area contributed by atoms with Crippen LogP contribution in [0.1, 0.15) is 5.56 Å². The van der Waals surface area contributed by atoms with Crippen molar-refractivity contribution in [2.75, 3.05) is 27.3 Å². The van der Waals surface area contributed by atoms with Crippen LogP contribution in [0.15, 0.2) is 18.2 Å². The van der Waals surface area contributed by atoms with E-state index < -0.39 is 17.8 Å². The van der Waals surface area contributed by atoms with E-state index in [1.807, 2.05) is 0 Å².